The van der Waals surface area contributed by atoms with E-state index in [4.69, 9.17) is 16.0 Å². The Morgan fingerprint density at radius 1 is 1.53 bits per heavy atom. The molecule has 0 bridgehead atoms. The van der Waals surface area contributed by atoms with E-state index in [-0.39, 0.29) is 10.7 Å². The summed E-state index contributed by atoms with van der Waals surface area (Å²) < 4.78 is 6.01. The molecule has 0 amide bonds. The van der Waals surface area contributed by atoms with Crippen molar-refractivity contribution < 1.29 is 9.34 Å². The van der Waals surface area contributed by atoms with Crippen molar-refractivity contribution in [3.8, 4) is 0 Å². The smallest absolute Gasteiger partial charge is 0.289 e. The fraction of sp³-hybridized carbons (Fsp3) is 0.182. The zero-order chi connectivity index (χ0) is 13.8. The average Bonchev–Trinajstić information content (AvgIpc) is 2.77. The summed E-state index contributed by atoms with van der Waals surface area (Å²) in [5.74, 6) is 1.23. The standard InChI is InChI=1S/C11H9BrClN3O3/c12-10-2-1-8(19-10)3-4-14-11-9(13)5-7(6-15-11)16(17)18/h1-2,5-6H,3-4H2,(H,14,15). The van der Waals surface area contributed by atoms with Crippen molar-refractivity contribution in [2.45, 2.75) is 6.42 Å². The van der Waals surface area contributed by atoms with E-state index in [0.29, 0.717) is 23.5 Å². The lowest BCUT2D eigenvalue weighted by Gasteiger charge is -2.05. The van der Waals surface area contributed by atoms with Crippen LogP contribution in [0.25, 0.3) is 0 Å². The highest BCUT2D eigenvalue weighted by Crippen LogP contribution is 2.23. The molecule has 0 unspecified atom stereocenters. The Hall–Kier alpha value is -1.60. The molecular weight excluding hydrogens is 337 g/mol. The SMILES string of the molecule is O=[N+]([O-])c1cnc(NCCc2ccc(Br)o2)c(Cl)c1. The van der Waals surface area contributed by atoms with Gasteiger partial charge in [0, 0.05) is 19.0 Å². The molecule has 0 saturated carbocycles. The van der Waals surface area contributed by atoms with Crippen molar-refractivity contribution in [1.29, 1.82) is 0 Å². The van der Waals surface area contributed by atoms with Crippen molar-refractivity contribution >= 4 is 39.0 Å². The van der Waals surface area contributed by atoms with Gasteiger partial charge in [-0.3, -0.25) is 10.1 Å². The van der Waals surface area contributed by atoms with Crippen LogP contribution in [0.4, 0.5) is 11.5 Å². The van der Waals surface area contributed by atoms with Gasteiger partial charge in [0.05, 0.1) is 9.95 Å². The predicted molar refractivity (Wildman–Crippen MR) is 74.5 cm³/mol. The summed E-state index contributed by atoms with van der Waals surface area (Å²) in [5.41, 5.74) is -0.134. The highest BCUT2D eigenvalue weighted by atomic mass is 79.9. The van der Waals surface area contributed by atoms with Crippen LogP contribution in [-0.2, 0) is 6.42 Å². The molecule has 0 aliphatic heterocycles. The quantitative estimate of drug-likeness (QED) is 0.660. The molecule has 0 spiro atoms. The zero-order valence-electron chi connectivity index (χ0n) is 9.60. The van der Waals surface area contributed by atoms with Crippen LogP contribution >= 0.6 is 27.5 Å². The molecule has 2 aromatic heterocycles. The Kier molecular flexibility index (Phi) is 4.39. The number of anilines is 1. The van der Waals surface area contributed by atoms with E-state index < -0.39 is 4.92 Å². The lowest BCUT2D eigenvalue weighted by molar-refractivity contribution is -0.385. The minimum Gasteiger partial charge on any atom is -0.454 e. The summed E-state index contributed by atoms with van der Waals surface area (Å²) in [4.78, 5) is 13.9. The largest absolute Gasteiger partial charge is 0.454 e. The van der Waals surface area contributed by atoms with Crippen LogP contribution in [0.1, 0.15) is 5.76 Å². The van der Waals surface area contributed by atoms with Gasteiger partial charge in [-0.25, -0.2) is 4.98 Å². The fourth-order valence-electron chi connectivity index (χ4n) is 1.45. The average molecular weight is 347 g/mol. The van der Waals surface area contributed by atoms with Gasteiger partial charge in [-0.15, -0.1) is 0 Å². The number of halogens is 2. The molecule has 2 aromatic rings. The number of furan rings is 1. The van der Waals surface area contributed by atoms with E-state index in [1.165, 1.54) is 6.07 Å². The maximum Gasteiger partial charge on any atom is 0.289 e. The number of hydrogen-bond donors (Lipinski definition) is 1. The molecule has 1 N–H and O–H groups in total. The van der Waals surface area contributed by atoms with Crippen LogP contribution in [0.15, 0.2) is 33.5 Å². The Bertz CT molecular complexity index is 603. The number of hydrogen-bond acceptors (Lipinski definition) is 5. The number of nitro groups is 1. The van der Waals surface area contributed by atoms with Crippen LogP contribution in [-0.4, -0.2) is 16.5 Å². The molecule has 0 radical (unpaired) electrons. The lowest BCUT2D eigenvalue weighted by Crippen LogP contribution is -2.06. The molecule has 0 atom stereocenters. The van der Waals surface area contributed by atoms with E-state index in [0.717, 1.165) is 12.0 Å². The normalized spacial score (nSPS) is 10.4. The second kappa shape index (κ2) is 6.03. The first-order valence-electron chi connectivity index (χ1n) is 5.34. The monoisotopic (exact) mass is 345 g/mol. The highest BCUT2D eigenvalue weighted by molar-refractivity contribution is 9.10. The van der Waals surface area contributed by atoms with E-state index in [2.05, 4.69) is 26.2 Å². The van der Waals surface area contributed by atoms with Crippen molar-refractivity contribution in [3.63, 3.8) is 0 Å². The fourth-order valence-corrected chi connectivity index (χ4v) is 2.02. The maximum atomic E-state index is 10.5. The molecule has 6 nitrogen and oxygen atoms in total. The molecule has 0 fully saturated rings. The molecule has 0 aliphatic carbocycles. The topological polar surface area (TPSA) is 81.2 Å². The van der Waals surface area contributed by atoms with Crippen molar-refractivity contribution in [2.75, 3.05) is 11.9 Å². The third-order valence-corrected chi connectivity index (χ3v) is 3.04. The minimum atomic E-state index is -0.539. The summed E-state index contributed by atoms with van der Waals surface area (Å²) in [6.07, 6.45) is 1.82. The number of nitrogens with zero attached hydrogens (tertiary/aromatic N) is 2. The summed E-state index contributed by atoms with van der Waals surface area (Å²) in [6, 6.07) is 4.93. The Morgan fingerprint density at radius 3 is 2.89 bits per heavy atom. The highest BCUT2D eigenvalue weighted by Gasteiger charge is 2.10. The van der Waals surface area contributed by atoms with E-state index >= 15 is 0 Å². The molecule has 100 valence electrons. The number of pyridine rings is 1. The van der Waals surface area contributed by atoms with Gasteiger partial charge in [-0.05, 0) is 28.1 Å². The van der Waals surface area contributed by atoms with Gasteiger partial charge >= 0.3 is 0 Å². The molecule has 0 aliphatic rings. The van der Waals surface area contributed by atoms with Crippen LogP contribution in [0.3, 0.4) is 0 Å². The van der Waals surface area contributed by atoms with E-state index in [9.17, 15) is 10.1 Å². The number of aromatic nitrogens is 1. The summed E-state index contributed by atoms with van der Waals surface area (Å²) in [7, 11) is 0. The second-order valence-electron chi connectivity index (χ2n) is 3.66. The minimum absolute atomic E-state index is 0.134. The predicted octanol–water partition coefficient (Wildman–Crippen LogP) is 3.65. The molecule has 0 aromatic carbocycles. The Morgan fingerprint density at radius 2 is 2.32 bits per heavy atom. The van der Waals surface area contributed by atoms with Crippen LogP contribution in [0, 0.1) is 10.1 Å². The third-order valence-electron chi connectivity index (χ3n) is 2.33. The Labute approximate surface area is 122 Å². The van der Waals surface area contributed by atoms with Crippen LogP contribution in [0.2, 0.25) is 5.02 Å². The first kappa shape index (κ1) is 13.8. The molecule has 19 heavy (non-hydrogen) atoms. The molecule has 0 saturated heterocycles. The van der Waals surface area contributed by atoms with Gasteiger partial charge in [-0.1, -0.05) is 11.6 Å². The van der Waals surface area contributed by atoms with E-state index in [1.807, 2.05) is 12.1 Å². The van der Waals surface area contributed by atoms with E-state index in [1.54, 1.807) is 0 Å². The summed E-state index contributed by atoms with van der Waals surface area (Å²) >= 11 is 9.12. The number of nitrogens with one attached hydrogen (secondary N) is 1. The van der Waals surface area contributed by atoms with Crippen LogP contribution < -0.4 is 5.32 Å². The summed E-state index contributed by atoms with van der Waals surface area (Å²) in [5, 5.41) is 13.7. The first-order chi connectivity index (χ1) is 9.06. The van der Waals surface area contributed by atoms with Crippen molar-refractivity contribution in [2.24, 2.45) is 0 Å². The van der Waals surface area contributed by atoms with Crippen LogP contribution in [0.5, 0.6) is 0 Å². The lowest BCUT2D eigenvalue weighted by atomic mass is 10.3. The molecule has 2 heterocycles. The second-order valence-corrected chi connectivity index (χ2v) is 4.85. The summed E-state index contributed by atoms with van der Waals surface area (Å²) in [6.45, 7) is 0.560. The molecule has 2 rings (SSSR count). The van der Waals surface area contributed by atoms with Gasteiger partial charge in [0.1, 0.15) is 17.8 Å². The van der Waals surface area contributed by atoms with Gasteiger partial charge < -0.3 is 9.73 Å². The molecular formula is C11H9BrClN3O3. The van der Waals surface area contributed by atoms with Gasteiger partial charge in [0.2, 0.25) is 0 Å². The number of rotatable bonds is 5. The Balaban J connectivity index is 1.94. The first-order valence-corrected chi connectivity index (χ1v) is 6.51. The zero-order valence-corrected chi connectivity index (χ0v) is 11.9. The van der Waals surface area contributed by atoms with Gasteiger partial charge in [0.25, 0.3) is 5.69 Å². The molecule has 8 heteroatoms. The van der Waals surface area contributed by atoms with Crippen molar-refractivity contribution in [1.82, 2.24) is 4.98 Å². The third kappa shape index (κ3) is 3.68. The van der Waals surface area contributed by atoms with Gasteiger partial charge in [-0.2, -0.15) is 0 Å². The van der Waals surface area contributed by atoms with Gasteiger partial charge in [0.15, 0.2) is 4.67 Å². The maximum absolute atomic E-state index is 10.5. The van der Waals surface area contributed by atoms with Crippen molar-refractivity contribution in [3.05, 3.63) is 50.0 Å².